The minimum absolute atomic E-state index is 0.732. The number of thiazole rings is 1. The fourth-order valence-corrected chi connectivity index (χ4v) is 4.44. The fourth-order valence-electron chi connectivity index (χ4n) is 3.70. The number of aryl methyl sites for hydroxylation is 1. The van der Waals surface area contributed by atoms with Gasteiger partial charge in [-0.25, -0.2) is 4.98 Å². The number of piperidine rings is 1. The number of aliphatic imine (C=N–C) groups is 1. The third kappa shape index (κ3) is 7.92. The summed E-state index contributed by atoms with van der Waals surface area (Å²) in [6.45, 7) is 11.4. The van der Waals surface area contributed by atoms with Crippen molar-refractivity contribution in [3.8, 4) is 0 Å². The van der Waals surface area contributed by atoms with Crippen molar-refractivity contribution in [2.45, 2.75) is 58.4 Å². The van der Waals surface area contributed by atoms with Crippen LogP contribution in [-0.2, 0) is 13.0 Å². The van der Waals surface area contributed by atoms with Gasteiger partial charge in [0.15, 0.2) is 5.96 Å². The van der Waals surface area contributed by atoms with Crippen molar-refractivity contribution in [2.24, 2.45) is 10.9 Å². The predicted molar refractivity (Wildman–Crippen MR) is 122 cm³/mol. The quantitative estimate of drug-likeness (QED) is 0.260. The average Bonchev–Trinajstić information content (AvgIpc) is 3.17. The van der Waals surface area contributed by atoms with E-state index >= 15 is 0 Å². The van der Waals surface area contributed by atoms with Crippen LogP contribution in [0.15, 0.2) is 23.0 Å². The molecule has 1 aliphatic heterocycles. The minimum atomic E-state index is 0.732. The largest absolute Gasteiger partial charge is 0.356 e. The third-order valence-electron chi connectivity index (χ3n) is 5.52. The van der Waals surface area contributed by atoms with Crippen LogP contribution in [0.5, 0.6) is 0 Å². The van der Waals surface area contributed by atoms with E-state index in [4.69, 9.17) is 4.98 Å². The van der Waals surface area contributed by atoms with Crippen LogP contribution >= 0.6 is 11.3 Å². The molecule has 5 nitrogen and oxygen atoms in total. The minimum Gasteiger partial charge on any atom is -0.356 e. The Labute approximate surface area is 175 Å². The molecule has 1 N–H and O–H groups in total. The Kier molecular flexibility index (Phi) is 10.6. The van der Waals surface area contributed by atoms with Gasteiger partial charge in [0.05, 0.1) is 10.7 Å². The van der Waals surface area contributed by atoms with E-state index in [9.17, 15) is 0 Å². The SMILES string of the molecule is C=CCCCCCN(C)C(=NC)NCC1CCN(Cc2csc(CC)n2)CC1. The molecule has 1 aromatic rings. The molecule has 0 aromatic carbocycles. The van der Waals surface area contributed by atoms with Crippen LogP contribution in [0.1, 0.15) is 56.2 Å². The number of aromatic nitrogens is 1. The maximum absolute atomic E-state index is 4.71. The number of guanidine groups is 1. The summed E-state index contributed by atoms with van der Waals surface area (Å²) in [7, 11) is 4.03. The standard InChI is InChI=1S/C22H39N5S/c1-5-7-8-9-10-13-26(4)22(23-3)24-16-19-11-14-27(15-12-19)17-20-18-28-21(6-2)25-20/h5,18-19H,1,6-17H2,2-4H3,(H,23,24). The molecule has 1 saturated heterocycles. The van der Waals surface area contributed by atoms with E-state index in [2.05, 4.69) is 46.0 Å². The molecule has 0 spiro atoms. The molecule has 1 fully saturated rings. The molecule has 0 aliphatic carbocycles. The highest BCUT2D eigenvalue weighted by atomic mass is 32.1. The normalized spacial score (nSPS) is 16.3. The number of likely N-dealkylation sites (tertiary alicyclic amines) is 1. The van der Waals surface area contributed by atoms with Gasteiger partial charge in [-0.1, -0.05) is 19.4 Å². The predicted octanol–water partition coefficient (Wildman–Crippen LogP) is 4.17. The van der Waals surface area contributed by atoms with Gasteiger partial charge in [0.2, 0.25) is 0 Å². The molecule has 0 radical (unpaired) electrons. The van der Waals surface area contributed by atoms with E-state index in [1.165, 1.54) is 55.9 Å². The van der Waals surface area contributed by atoms with Crippen LogP contribution in [0, 0.1) is 5.92 Å². The Balaban J connectivity index is 1.63. The van der Waals surface area contributed by atoms with Crippen LogP contribution in [-0.4, -0.2) is 61.0 Å². The molecule has 0 amide bonds. The first kappa shape index (κ1) is 22.9. The average molecular weight is 406 g/mol. The van der Waals surface area contributed by atoms with Gasteiger partial charge in [-0.15, -0.1) is 17.9 Å². The molecule has 28 heavy (non-hydrogen) atoms. The van der Waals surface area contributed by atoms with Crippen molar-refractivity contribution in [1.29, 1.82) is 0 Å². The zero-order chi connectivity index (χ0) is 20.2. The summed E-state index contributed by atoms with van der Waals surface area (Å²) >= 11 is 1.79. The van der Waals surface area contributed by atoms with E-state index in [0.717, 1.165) is 44.4 Å². The van der Waals surface area contributed by atoms with Gasteiger partial charge in [-0.3, -0.25) is 9.89 Å². The second-order valence-electron chi connectivity index (χ2n) is 7.79. The molecule has 0 bridgehead atoms. The molecular weight excluding hydrogens is 366 g/mol. The third-order valence-corrected chi connectivity index (χ3v) is 6.56. The Morgan fingerprint density at radius 3 is 2.82 bits per heavy atom. The van der Waals surface area contributed by atoms with E-state index in [1.54, 1.807) is 11.3 Å². The van der Waals surface area contributed by atoms with Crippen LogP contribution in [0.4, 0.5) is 0 Å². The number of nitrogens with one attached hydrogen (secondary N) is 1. The van der Waals surface area contributed by atoms with Gasteiger partial charge in [-0.2, -0.15) is 0 Å². The lowest BCUT2D eigenvalue weighted by molar-refractivity contribution is 0.176. The maximum Gasteiger partial charge on any atom is 0.193 e. The number of hydrogen-bond donors (Lipinski definition) is 1. The summed E-state index contributed by atoms with van der Waals surface area (Å²) in [4.78, 5) is 14.0. The molecule has 0 unspecified atom stereocenters. The smallest absolute Gasteiger partial charge is 0.193 e. The second kappa shape index (κ2) is 12.9. The summed E-state index contributed by atoms with van der Waals surface area (Å²) < 4.78 is 0. The van der Waals surface area contributed by atoms with Crippen molar-refractivity contribution in [3.63, 3.8) is 0 Å². The molecule has 158 valence electrons. The molecule has 1 aliphatic rings. The molecular formula is C22H39N5S. The Morgan fingerprint density at radius 1 is 1.39 bits per heavy atom. The summed E-state index contributed by atoms with van der Waals surface area (Å²) in [5.41, 5.74) is 1.24. The Bertz CT molecular complexity index is 590. The van der Waals surface area contributed by atoms with Crippen molar-refractivity contribution in [3.05, 3.63) is 28.7 Å². The molecule has 2 heterocycles. The van der Waals surface area contributed by atoms with Crippen LogP contribution < -0.4 is 5.32 Å². The van der Waals surface area contributed by atoms with Crippen LogP contribution in [0.3, 0.4) is 0 Å². The first-order chi connectivity index (χ1) is 13.7. The topological polar surface area (TPSA) is 43.8 Å². The summed E-state index contributed by atoms with van der Waals surface area (Å²) in [6, 6.07) is 0. The van der Waals surface area contributed by atoms with E-state index in [0.29, 0.717) is 0 Å². The first-order valence-corrected chi connectivity index (χ1v) is 11.7. The van der Waals surface area contributed by atoms with Crippen LogP contribution in [0.2, 0.25) is 0 Å². The maximum atomic E-state index is 4.71. The van der Waals surface area contributed by atoms with Crippen molar-refractivity contribution < 1.29 is 0 Å². The lowest BCUT2D eigenvalue weighted by Crippen LogP contribution is -2.43. The molecule has 0 saturated carbocycles. The molecule has 1 aromatic heterocycles. The van der Waals surface area contributed by atoms with Crippen molar-refractivity contribution in [1.82, 2.24) is 20.1 Å². The zero-order valence-corrected chi connectivity index (χ0v) is 18.9. The van der Waals surface area contributed by atoms with Gasteiger partial charge >= 0.3 is 0 Å². The second-order valence-corrected chi connectivity index (χ2v) is 8.74. The van der Waals surface area contributed by atoms with E-state index in [1.807, 2.05) is 13.1 Å². The monoisotopic (exact) mass is 405 g/mol. The van der Waals surface area contributed by atoms with Gasteiger partial charge in [0, 0.05) is 39.1 Å². The summed E-state index contributed by atoms with van der Waals surface area (Å²) in [5.74, 6) is 1.76. The number of unbranched alkanes of at least 4 members (excludes halogenated alkanes) is 3. The molecule has 0 atom stereocenters. The Hall–Kier alpha value is -1.40. The lowest BCUT2D eigenvalue weighted by Gasteiger charge is -2.32. The van der Waals surface area contributed by atoms with Gasteiger partial charge < -0.3 is 10.2 Å². The highest BCUT2D eigenvalue weighted by Crippen LogP contribution is 2.19. The number of allylic oxidation sites excluding steroid dienone is 1. The number of nitrogens with zero attached hydrogens (tertiary/aromatic N) is 4. The first-order valence-electron chi connectivity index (χ1n) is 10.8. The summed E-state index contributed by atoms with van der Waals surface area (Å²) in [5, 5.41) is 7.08. The van der Waals surface area contributed by atoms with E-state index in [-0.39, 0.29) is 0 Å². The summed E-state index contributed by atoms with van der Waals surface area (Å²) in [6.07, 6.45) is 10.4. The van der Waals surface area contributed by atoms with Gasteiger partial charge in [0.1, 0.15) is 0 Å². The van der Waals surface area contributed by atoms with Gasteiger partial charge in [-0.05, 0) is 57.5 Å². The van der Waals surface area contributed by atoms with Crippen molar-refractivity contribution in [2.75, 3.05) is 40.3 Å². The Morgan fingerprint density at radius 2 is 2.18 bits per heavy atom. The molecule has 6 heteroatoms. The number of hydrogen-bond acceptors (Lipinski definition) is 4. The highest BCUT2D eigenvalue weighted by molar-refractivity contribution is 7.09. The lowest BCUT2D eigenvalue weighted by atomic mass is 9.97. The fraction of sp³-hybridized carbons (Fsp3) is 0.727. The highest BCUT2D eigenvalue weighted by Gasteiger charge is 2.20. The van der Waals surface area contributed by atoms with Crippen LogP contribution in [0.25, 0.3) is 0 Å². The molecule has 2 rings (SSSR count). The van der Waals surface area contributed by atoms with Gasteiger partial charge in [0.25, 0.3) is 0 Å². The van der Waals surface area contributed by atoms with Crippen molar-refractivity contribution >= 4 is 17.3 Å². The number of rotatable bonds is 11. The van der Waals surface area contributed by atoms with E-state index < -0.39 is 0 Å². The zero-order valence-electron chi connectivity index (χ0n) is 18.1.